The Hall–Kier alpha value is -1.13. The fourth-order valence-corrected chi connectivity index (χ4v) is 2.46. The van der Waals surface area contributed by atoms with E-state index in [9.17, 15) is 0 Å². The summed E-state index contributed by atoms with van der Waals surface area (Å²) in [4.78, 5) is 10.0. The monoisotopic (exact) mass is 221 g/mol. The molecule has 0 aliphatic heterocycles. The van der Waals surface area contributed by atoms with Gasteiger partial charge in [0.15, 0.2) is 0 Å². The van der Waals surface area contributed by atoms with Crippen molar-refractivity contribution in [3.63, 3.8) is 0 Å². The largest absolute Gasteiger partial charge is 0.348 e. The fraction of sp³-hybridized carbons (Fsp3) is 0.364. The number of aromatic amines is 1. The summed E-state index contributed by atoms with van der Waals surface area (Å²) < 4.78 is 0. The first-order chi connectivity index (χ1) is 7.25. The van der Waals surface area contributed by atoms with Gasteiger partial charge in [-0.3, -0.25) is 0 Å². The highest BCUT2D eigenvalue weighted by Gasteiger charge is 2.01. The molecule has 0 fully saturated rings. The highest BCUT2D eigenvalue weighted by Crippen LogP contribution is 2.20. The topological polar surface area (TPSA) is 40.7 Å². The number of aryl methyl sites for hydroxylation is 2. The van der Waals surface area contributed by atoms with E-state index in [-0.39, 0.29) is 0 Å². The Kier molecular flexibility index (Phi) is 3.18. The molecule has 0 aliphatic carbocycles. The quantitative estimate of drug-likeness (QED) is 0.832. The maximum absolute atomic E-state index is 4.16. The van der Waals surface area contributed by atoms with Crippen LogP contribution in [-0.4, -0.2) is 9.97 Å². The first-order valence-electron chi connectivity index (χ1n) is 5.00. The second kappa shape index (κ2) is 4.59. The SMILES string of the molecule is Cc1cc(CNCc2ncc[nH]2)sc1C. The van der Waals surface area contributed by atoms with E-state index in [0.717, 1.165) is 18.9 Å². The minimum absolute atomic E-state index is 0.795. The van der Waals surface area contributed by atoms with E-state index >= 15 is 0 Å². The van der Waals surface area contributed by atoms with Crippen LogP contribution in [-0.2, 0) is 13.1 Å². The molecule has 0 aromatic carbocycles. The number of hydrogen-bond acceptors (Lipinski definition) is 3. The predicted molar refractivity (Wildman–Crippen MR) is 62.9 cm³/mol. The zero-order valence-electron chi connectivity index (χ0n) is 9.00. The molecular formula is C11H15N3S. The highest BCUT2D eigenvalue weighted by molar-refractivity contribution is 7.12. The Bertz CT molecular complexity index is 397. The molecule has 0 atom stereocenters. The molecule has 2 heterocycles. The van der Waals surface area contributed by atoms with Gasteiger partial charge in [0.25, 0.3) is 0 Å². The summed E-state index contributed by atoms with van der Waals surface area (Å²) >= 11 is 1.86. The average molecular weight is 221 g/mol. The molecule has 2 aromatic rings. The van der Waals surface area contributed by atoms with Crippen molar-refractivity contribution in [3.05, 3.63) is 39.6 Å². The van der Waals surface area contributed by atoms with Crippen molar-refractivity contribution in [2.24, 2.45) is 0 Å². The zero-order valence-corrected chi connectivity index (χ0v) is 9.82. The smallest absolute Gasteiger partial charge is 0.120 e. The molecule has 15 heavy (non-hydrogen) atoms. The van der Waals surface area contributed by atoms with E-state index in [4.69, 9.17) is 0 Å². The molecule has 2 N–H and O–H groups in total. The van der Waals surface area contributed by atoms with Crippen LogP contribution in [0.3, 0.4) is 0 Å². The number of nitrogens with one attached hydrogen (secondary N) is 2. The van der Waals surface area contributed by atoms with Crippen LogP contribution in [0.2, 0.25) is 0 Å². The number of imidazole rings is 1. The molecule has 0 unspecified atom stereocenters. The number of aromatic nitrogens is 2. The molecule has 0 saturated carbocycles. The molecule has 4 heteroatoms. The van der Waals surface area contributed by atoms with E-state index in [2.05, 4.69) is 35.2 Å². The average Bonchev–Trinajstić information content (AvgIpc) is 2.79. The maximum Gasteiger partial charge on any atom is 0.120 e. The summed E-state index contributed by atoms with van der Waals surface area (Å²) in [6, 6.07) is 2.25. The second-order valence-electron chi connectivity index (χ2n) is 3.59. The van der Waals surface area contributed by atoms with Crippen molar-refractivity contribution in [2.75, 3.05) is 0 Å². The van der Waals surface area contributed by atoms with Crippen LogP contribution in [0, 0.1) is 13.8 Å². The van der Waals surface area contributed by atoms with Gasteiger partial charge in [-0.05, 0) is 25.5 Å². The van der Waals surface area contributed by atoms with Gasteiger partial charge in [-0.1, -0.05) is 0 Å². The van der Waals surface area contributed by atoms with Gasteiger partial charge < -0.3 is 10.3 Å². The van der Waals surface area contributed by atoms with Crippen LogP contribution in [0.15, 0.2) is 18.5 Å². The minimum atomic E-state index is 0.795. The molecule has 0 radical (unpaired) electrons. The summed E-state index contributed by atoms with van der Waals surface area (Å²) in [5.41, 5.74) is 1.38. The zero-order chi connectivity index (χ0) is 10.7. The Labute approximate surface area is 93.6 Å². The first-order valence-corrected chi connectivity index (χ1v) is 5.82. The summed E-state index contributed by atoms with van der Waals surface area (Å²) in [5.74, 6) is 0.986. The summed E-state index contributed by atoms with van der Waals surface area (Å²) in [6.45, 7) is 6.03. The Morgan fingerprint density at radius 2 is 2.27 bits per heavy atom. The van der Waals surface area contributed by atoms with Gasteiger partial charge in [0, 0.05) is 28.7 Å². The molecule has 2 rings (SSSR count). The van der Waals surface area contributed by atoms with Crippen molar-refractivity contribution in [1.82, 2.24) is 15.3 Å². The van der Waals surface area contributed by atoms with Crippen molar-refractivity contribution in [2.45, 2.75) is 26.9 Å². The predicted octanol–water partition coefficient (Wildman–Crippen LogP) is 2.38. The molecule has 0 amide bonds. The van der Waals surface area contributed by atoms with E-state index in [1.165, 1.54) is 15.3 Å². The third kappa shape index (κ3) is 2.67. The number of nitrogens with zero attached hydrogens (tertiary/aromatic N) is 1. The van der Waals surface area contributed by atoms with Crippen molar-refractivity contribution >= 4 is 11.3 Å². The molecule has 0 bridgehead atoms. The van der Waals surface area contributed by atoms with E-state index in [0.29, 0.717) is 0 Å². The van der Waals surface area contributed by atoms with Gasteiger partial charge in [0.05, 0.1) is 6.54 Å². The van der Waals surface area contributed by atoms with Gasteiger partial charge >= 0.3 is 0 Å². The fourth-order valence-electron chi connectivity index (χ4n) is 1.44. The van der Waals surface area contributed by atoms with Crippen molar-refractivity contribution in [3.8, 4) is 0 Å². The van der Waals surface area contributed by atoms with Crippen LogP contribution in [0.25, 0.3) is 0 Å². The number of hydrogen-bond donors (Lipinski definition) is 2. The summed E-state index contributed by atoms with van der Waals surface area (Å²) in [5, 5.41) is 3.36. The molecule has 3 nitrogen and oxygen atoms in total. The Morgan fingerprint density at radius 1 is 1.40 bits per heavy atom. The van der Waals surface area contributed by atoms with E-state index in [1.807, 2.05) is 17.5 Å². The molecule has 0 spiro atoms. The standard InChI is InChI=1S/C11H15N3S/c1-8-5-10(15-9(8)2)6-12-7-11-13-3-4-14-11/h3-5,12H,6-7H2,1-2H3,(H,13,14). The van der Waals surface area contributed by atoms with Crippen LogP contribution in [0.1, 0.15) is 21.1 Å². The minimum Gasteiger partial charge on any atom is -0.348 e. The molecule has 0 aliphatic rings. The van der Waals surface area contributed by atoms with Gasteiger partial charge in [0.1, 0.15) is 5.82 Å². The van der Waals surface area contributed by atoms with Gasteiger partial charge in [-0.25, -0.2) is 4.98 Å². The highest BCUT2D eigenvalue weighted by atomic mass is 32.1. The molecular weight excluding hydrogens is 206 g/mol. The van der Waals surface area contributed by atoms with Crippen LogP contribution >= 0.6 is 11.3 Å². The van der Waals surface area contributed by atoms with E-state index < -0.39 is 0 Å². The normalized spacial score (nSPS) is 10.8. The number of rotatable bonds is 4. The number of thiophene rings is 1. The van der Waals surface area contributed by atoms with Crippen molar-refractivity contribution in [1.29, 1.82) is 0 Å². The summed E-state index contributed by atoms with van der Waals surface area (Å²) in [7, 11) is 0. The lowest BCUT2D eigenvalue weighted by Gasteiger charge is -1.99. The molecule has 80 valence electrons. The summed E-state index contributed by atoms with van der Waals surface area (Å²) in [6.07, 6.45) is 3.62. The van der Waals surface area contributed by atoms with E-state index in [1.54, 1.807) is 6.20 Å². The third-order valence-electron chi connectivity index (χ3n) is 2.36. The van der Waals surface area contributed by atoms with Gasteiger partial charge in [-0.2, -0.15) is 0 Å². The molecule has 2 aromatic heterocycles. The van der Waals surface area contributed by atoms with Crippen LogP contribution in [0.4, 0.5) is 0 Å². The second-order valence-corrected chi connectivity index (χ2v) is 4.93. The number of H-pyrrole nitrogens is 1. The Morgan fingerprint density at radius 3 is 2.87 bits per heavy atom. The molecule has 0 saturated heterocycles. The van der Waals surface area contributed by atoms with Crippen molar-refractivity contribution < 1.29 is 0 Å². The Balaban J connectivity index is 1.83. The first kappa shape index (κ1) is 10.4. The lowest BCUT2D eigenvalue weighted by molar-refractivity contribution is 0.675. The maximum atomic E-state index is 4.16. The lowest BCUT2D eigenvalue weighted by Crippen LogP contribution is -2.12. The van der Waals surface area contributed by atoms with Gasteiger partial charge in [-0.15, -0.1) is 11.3 Å². The lowest BCUT2D eigenvalue weighted by atomic mass is 10.3. The van der Waals surface area contributed by atoms with Gasteiger partial charge in [0.2, 0.25) is 0 Å². The third-order valence-corrected chi connectivity index (χ3v) is 3.52. The van der Waals surface area contributed by atoms with Crippen LogP contribution in [0.5, 0.6) is 0 Å². The van der Waals surface area contributed by atoms with Crippen LogP contribution < -0.4 is 5.32 Å².